The smallest absolute Gasteiger partial charge is 0.189 e. The lowest BCUT2D eigenvalue weighted by atomic mass is 10.00. The minimum Gasteiger partial charge on any atom is -0.457 e. The van der Waals surface area contributed by atoms with Crippen molar-refractivity contribution in [1.29, 1.82) is 0 Å². The van der Waals surface area contributed by atoms with Crippen molar-refractivity contribution in [2.24, 2.45) is 0 Å². The molecule has 0 unspecified atom stereocenters. The van der Waals surface area contributed by atoms with Gasteiger partial charge >= 0.3 is 0 Å². The van der Waals surface area contributed by atoms with E-state index in [2.05, 4.69) is 0 Å². The Hall–Kier alpha value is -2.66. The molecular weight excluding hydrogens is 339 g/mol. The number of halogens is 1. The summed E-state index contributed by atoms with van der Waals surface area (Å²) in [4.78, 5) is 0.204. The highest BCUT2D eigenvalue weighted by Crippen LogP contribution is 2.48. The number of hydrogen-bond acceptors (Lipinski definition) is 3. The topological polar surface area (TPSA) is 43.4 Å². The van der Waals surface area contributed by atoms with E-state index >= 15 is 0 Å². The molecular formula is C20H15FO3S. The Morgan fingerprint density at radius 1 is 0.880 bits per heavy atom. The molecule has 0 aliphatic carbocycles. The van der Waals surface area contributed by atoms with Crippen LogP contribution in [0.2, 0.25) is 0 Å². The quantitative estimate of drug-likeness (QED) is 0.664. The molecule has 0 fully saturated rings. The number of benzene rings is 3. The summed E-state index contributed by atoms with van der Waals surface area (Å²) >= 11 is 0. The fourth-order valence-corrected chi connectivity index (χ4v) is 4.93. The molecule has 126 valence electrons. The second-order valence-corrected chi connectivity index (χ2v) is 8.09. The van der Waals surface area contributed by atoms with Crippen LogP contribution in [0.3, 0.4) is 0 Å². The normalized spacial score (nSPS) is 15.8. The van der Waals surface area contributed by atoms with E-state index in [1.165, 1.54) is 18.2 Å². The monoisotopic (exact) mass is 354 g/mol. The highest BCUT2D eigenvalue weighted by atomic mass is 32.2. The molecule has 0 bridgehead atoms. The van der Waals surface area contributed by atoms with Crippen LogP contribution in [0.4, 0.5) is 4.39 Å². The van der Waals surface area contributed by atoms with Gasteiger partial charge in [-0.2, -0.15) is 0 Å². The SMILES string of the molecule is Cc1ccc(S(=O)(=O)[C@@H]2c3ccccc3Oc3ccc(F)cc32)cc1. The van der Waals surface area contributed by atoms with Crippen molar-refractivity contribution < 1.29 is 17.5 Å². The van der Waals surface area contributed by atoms with Crippen LogP contribution in [0.25, 0.3) is 0 Å². The van der Waals surface area contributed by atoms with Gasteiger partial charge in [0.1, 0.15) is 22.6 Å². The first kappa shape index (κ1) is 15.8. The van der Waals surface area contributed by atoms with E-state index in [-0.39, 0.29) is 4.90 Å². The summed E-state index contributed by atoms with van der Waals surface area (Å²) in [6.07, 6.45) is 0. The highest BCUT2D eigenvalue weighted by molar-refractivity contribution is 7.92. The molecule has 1 atom stereocenters. The summed E-state index contributed by atoms with van der Waals surface area (Å²) in [5, 5.41) is -1.01. The molecule has 3 nitrogen and oxygen atoms in total. The number of para-hydroxylation sites is 1. The number of ether oxygens (including phenoxy) is 1. The van der Waals surface area contributed by atoms with Crippen LogP contribution in [-0.2, 0) is 9.84 Å². The number of sulfone groups is 1. The molecule has 5 heteroatoms. The Morgan fingerprint density at radius 2 is 1.56 bits per heavy atom. The Balaban J connectivity index is 1.97. The van der Waals surface area contributed by atoms with E-state index in [1.807, 2.05) is 6.92 Å². The van der Waals surface area contributed by atoms with Crippen molar-refractivity contribution in [3.05, 3.63) is 89.2 Å². The average Bonchev–Trinajstić information content (AvgIpc) is 2.60. The number of hydrogen-bond donors (Lipinski definition) is 0. The largest absolute Gasteiger partial charge is 0.457 e. The molecule has 0 amide bonds. The van der Waals surface area contributed by atoms with Gasteiger partial charge in [0.15, 0.2) is 9.84 Å². The highest BCUT2D eigenvalue weighted by Gasteiger charge is 2.38. The first-order valence-electron chi connectivity index (χ1n) is 7.83. The van der Waals surface area contributed by atoms with E-state index in [1.54, 1.807) is 48.5 Å². The minimum atomic E-state index is -3.77. The first-order valence-corrected chi connectivity index (χ1v) is 9.38. The number of rotatable bonds is 2. The van der Waals surface area contributed by atoms with Gasteiger partial charge in [-0.1, -0.05) is 35.9 Å². The lowest BCUT2D eigenvalue weighted by molar-refractivity contribution is 0.452. The summed E-state index contributed by atoms with van der Waals surface area (Å²) in [6.45, 7) is 1.89. The van der Waals surface area contributed by atoms with Gasteiger partial charge in [-0.3, -0.25) is 0 Å². The maximum absolute atomic E-state index is 13.8. The van der Waals surface area contributed by atoms with Gasteiger partial charge in [-0.15, -0.1) is 0 Å². The third-order valence-corrected chi connectivity index (χ3v) is 6.39. The fraction of sp³-hybridized carbons (Fsp3) is 0.100. The maximum atomic E-state index is 13.8. The van der Waals surface area contributed by atoms with Crippen LogP contribution in [0.15, 0.2) is 71.6 Å². The third kappa shape index (κ3) is 2.61. The summed E-state index contributed by atoms with van der Waals surface area (Å²) in [7, 11) is -3.77. The molecule has 1 aliphatic rings. The van der Waals surface area contributed by atoms with E-state index in [4.69, 9.17) is 4.74 Å². The molecule has 0 spiro atoms. The van der Waals surface area contributed by atoms with Crippen LogP contribution in [0.5, 0.6) is 11.5 Å². The summed E-state index contributed by atoms with van der Waals surface area (Å²) in [5.74, 6) is 0.342. The molecule has 0 saturated heterocycles. The van der Waals surface area contributed by atoms with Gasteiger partial charge in [0.2, 0.25) is 0 Å². The Labute approximate surface area is 145 Å². The zero-order valence-electron chi connectivity index (χ0n) is 13.4. The van der Waals surface area contributed by atoms with Crippen LogP contribution in [-0.4, -0.2) is 8.42 Å². The Bertz CT molecular complexity index is 1060. The maximum Gasteiger partial charge on any atom is 0.189 e. The van der Waals surface area contributed by atoms with Crippen molar-refractivity contribution in [3.63, 3.8) is 0 Å². The number of fused-ring (bicyclic) bond motifs is 2. The Kier molecular flexibility index (Phi) is 3.62. The van der Waals surface area contributed by atoms with Crippen molar-refractivity contribution in [3.8, 4) is 11.5 Å². The lowest BCUT2D eigenvalue weighted by Gasteiger charge is -2.28. The van der Waals surface area contributed by atoms with E-state index in [0.29, 0.717) is 22.6 Å². The summed E-state index contributed by atoms with van der Waals surface area (Å²) < 4.78 is 46.3. The van der Waals surface area contributed by atoms with Gasteiger partial charge < -0.3 is 4.74 Å². The zero-order chi connectivity index (χ0) is 17.6. The van der Waals surface area contributed by atoms with E-state index < -0.39 is 20.9 Å². The molecule has 4 rings (SSSR count). The molecule has 0 radical (unpaired) electrons. The van der Waals surface area contributed by atoms with Crippen LogP contribution >= 0.6 is 0 Å². The van der Waals surface area contributed by atoms with E-state index in [0.717, 1.165) is 5.56 Å². The number of aryl methyl sites for hydroxylation is 1. The van der Waals surface area contributed by atoms with Gasteiger partial charge in [0.25, 0.3) is 0 Å². The predicted molar refractivity (Wildman–Crippen MR) is 93.1 cm³/mol. The molecule has 3 aromatic rings. The second kappa shape index (κ2) is 5.70. The van der Waals surface area contributed by atoms with Crippen molar-refractivity contribution in [1.82, 2.24) is 0 Å². The molecule has 0 aromatic heterocycles. The van der Waals surface area contributed by atoms with Gasteiger partial charge in [-0.25, -0.2) is 12.8 Å². The van der Waals surface area contributed by atoms with Crippen molar-refractivity contribution in [2.45, 2.75) is 17.1 Å². The van der Waals surface area contributed by atoms with E-state index in [9.17, 15) is 12.8 Å². The molecule has 1 heterocycles. The van der Waals surface area contributed by atoms with Crippen LogP contribution in [0, 0.1) is 12.7 Å². The van der Waals surface area contributed by atoms with Crippen molar-refractivity contribution in [2.75, 3.05) is 0 Å². The summed E-state index contributed by atoms with van der Waals surface area (Å²) in [5.41, 5.74) is 1.80. The second-order valence-electron chi connectivity index (χ2n) is 6.06. The van der Waals surface area contributed by atoms with Crippen molar-refractivity contribution >= 4 is 9.84 Å². The fourth-order valence-electron chi connectivity index (χ4n) is 3.09. The van der Waals surface area contributed by atoms with Crippen LogP contribution in [0.1, 0.15) is 21.9 Å². The first-order chi connectivity index (χ1) is 12.0. The molecule has 1 aliphatic heterocycles. The zero-order valence-corrected chi connectivity index (χ0v) is 14.3. The lowest BCUT2D eigenvalue weighted by Crippen LogP contribution is -2.20. The molecule has 3 aromatic carbocycles. The molecule has 0 saturated carbocycles. The third-order valence-electron chi connectivity index (χ3n) is 4.34. The summed E-state index contributed by atoms with van der Waals surface area (Å²) in [6, 6.07) is 17.6. The predicted octanol–water partition coefficient (Wildman–Crippen LogP) is 4.80. The van der Waals surface area contributed by atoms with Gasteiger partial charge in [-0.05, 0) is 43.3 Å². The van der Waals surface area contributed by atoms with Gasteiger partial charge in [0, 0.05) is 11.1 Å². The molecule has 0 N–H and O–H groups in total. The average molecular weight is 354 g/mol. The standard InChI is InChI=1S/C20H15FO3S/c1-13-6-9-15(10-7-13)25(22,23)20-16-4-2-3-5-18(16)24-19-11-8-14(21)12-17(19)20/h2-12,20H,1H3/t20-/m1/s1. The van der Waals surface area contributed by atoms with Gasteiger partial charge in [0.05, 0.1) is 4.90 Å². The van der Waals surface area contributed by atoms with Crippen LogP contribution < -0.4 is 4.74 Å². The Morgan fingerprint density at radius 3 is 2.32 bits per heavy atom. The minimum absolute atomic E-state index is 0.204. The molecule has 25 heavy (non-hydrogen) atoms.